The number of halogens is 4. The number of nitrogens with one attached hydrogen (secondary N) is 2. The van der Waals surface area contributed by atoms with Gasteiger partial charge in [0.2, 0.25) is 11.6 Å². The van der Waals surface area contributed by atoms with Crippen molar-refractivity contribution < 1.29 is 32.6 Å². The summed E-state index contributed by atoms with van der Waals surface area (Å²) in [6, 6.07) is 13.9. The van der Waals surface area contributed by atoms with Crippen molar-refractivity contribution in [1.82, 2.24) is 20.5 Å². The van der Waals surface area contributed by atoms with Crippen molar-refractivity contribution in [3.05, 3.63) is 70.8 Å². The first-order chi connectivity index (χ1) is 16.6. The summed E-state index contributed by atoms with van der Waals surface area (Å²) in [5.74, 6) is -5.14. The molecule has 1 aromatic heterocycles. The van der Waals surface area contributed by atoms with Crippen LogP contribution in [0.25, 0.3) is 11.1 Å². The van der Waals surface area contributed by atoms with Gasteiger partial charge in [-0.25, -0.2) is 0 Å². The SMILES string of the molecule is COC[C@H](C[C@@H](Cc1ccc(-c2cccc(Cl)c2)cc1)NC(=O)c1n[nH]c(C(F)(F)F)n1)C(=O)O. The number of ether oxygens (including phenoxy) is 1. The van der Waals surface area contributed by atoms with Crippen molar-refractivity contribution in [3.8, 4) is 11.1 Å². The molecule has 0 aliphatic rings. The summed E-state index contributed by atoms with van der Waals surface area (Å²) in [6.07, 6.45) is -4.60. The van der Waals surface area contributed by atoms with Gasteiger partial charge in [0.25, 0.3) is 5.91 Å². The van der Waals surface area contributed by atoms with E-state index >= 15 is 0 Å². The highest BCUT2D eigenvalue weighted by Crippen LogP contribution is 2.26. The van der Waals surface area contributed by atoms with Gasteiger partial charge in [0.05, 0.1) is 12.5 Å². The summed E-state index contributed by atoms with van der Waals surface area (Å²) in [5.41, 5.74) is 2.58. The van der Waals surface area contributed by atoms with Gasteiger partial charge in [-0.05, 0) is 41.7 Å². The zero-order valence-electron chi connectivity index (χ0n) is 18.5. The Morgan fingerprint density at radius 3 is 2.46 bits per heavy atom. The van der Waals surface area contributed by atoms with E-state index in [0.29, 0.717) is 5.02 Å². The van der Waals surface area contributed by atoms with Crippen LogP contribution in [0.15, 0.2) is 48.5 Å². The molecule has 3 rings (SSSR count). The smallest absolute Gasteiger partial charge is 0.451 e. The molecule has 2 aromatic carbocycles. The van der Waals surface area contributed by atoms with E-state index < -0.39 is 41.7 Å². The maximum absolute atomic E-state index is 12.8. The zero-order valence-corrected chi connectivity index (χ0v) is 19.2. The number of aromatic amines is 1. The van der Waals surface area contributed by atoms with E-state index in [1.54, 1.807) is 11.2 Å². The van der Waals surface area contributed by atoms with E-state index in [1.165, 1.54) is 7.11 Å². The fourth-order valence-electron chi connectivity index (χ4n) is 3.50. The van der Waals surface area contributed by atoms with Crippen LogP contribution in [0, 0.1) is 5.92 Å². The van der Waals surface area contributed by atoms with Crippen molar-refractivity contribution >= 4 is 23.5 Å². The number of amides is 1. The standard InChI is InChI=1S/C23H22ClF3N4O4/c1-35-12-16(21(33)34)11-18(28-20(32)19-29-22(31-30-19)23(25,26)27)9-13-5-7-14(8-6-13)15-3-2-4-17(24)10-15/h2-8,10,16,18H,9,11-12H2,1H3,(H,28,32)(H,33,34)(H,29,30,31)/t16-,18+/m0/s1. The van der Waals surface area contributed by atoms with Crippen molar-refractivity contribution in [3.63, 3.8) is 0 Å². The van der Waals surface area contributed by atoms with Crippen LogP contribution in [0.1, 0.15) is 28.4 Å². The molecule has 0 unspecified atom stereocenters. The molecule has 0 aliphatic heterocycles. The highest BCUT2D eigenvalue weighted by atomic mass is 35.5. The molecule has 2 atom stereocenters. The van der Waals surface area contributed by atoms with Gasteiger partial charge < -0.3 is 15.2 Å². The van der Waals surface area contributed by atoms with Crippen molar-refractivity contribution in [2.75, 3.05) is 13.7 Å². The van der Waals surface area contributed by atoms with Crippen LogP contribution in [0.5, 0.6) is 0 Å². The van der Waals surface area contributed by atoms with Crippen LogP contribution in [0.3, 0.4) is 0 Å². The minimum absolute atomic E-state index is 0.0263. The Kier molecular flexibility index (Phi) is 8.47. The van der Waals surface area contributed by atoms with Crippen LogP contribution >= 0.6 is 11.6 Å². The molecule has 3 aromatic rings. The van der Waals surface area contributed by atoms with Gasteiger partial charge >= 0.3 is 12.1 Å². The Bertz CT molecular complexity index is 1170. The number of carbonyl (C=O) groups excluding carboxylic acids is 1. The molecule has 0 fully saturated rings. The van der Waals surface area contributed by atoms with Gasteiger partial charge in [-0.1, -0.05) is 48.0 Å². The van der Waals surface area contributed by atoms with Crippen LogP contribution in [-0.4, -0.2) is 51.9 Å². The minimum atomic E-state index is -4.79. The second-order valence-electron chi connectivity index (χ2n) is 7.81. The predicted molar refractivity (Wildman–Crippen MR) is 121 cm³/mol. The number of carbonyl (C=O) groups is 2. The van der Waals surface area contributed by atoms with Crippen molar-refractivity contribution in [2.24, 2.45) is 5.92 Å². The quantitative estimate of drug-likeness (QED) is 0.376. The predicted octanol–water partition coefficient (Wildman–Crippen LogP) is 4.22. The molecule has 1 heterocycles. The lowest BCUT2D eigenvalue weighted by Crippen LogP contribution is -2.40. The molecule has 12 heteroatoms. The molecule has 0 aliphatic carbocycles. The number of carboxylic acid groups (broad SMARTS) is 1. The maximum Gasteiger partial charge on any atom is 0.451 e. The van der Waals surface area contributed by atoms with Gasteiger partial charge in [0.15, 0.2) is 0 Å². The molecule has 0 bridgehead atoms. The number of hydrogen-bond acceptors (Lipinski definition) is 5. The van der Waals surface area contributed by atoms with Crippen LogP contribution in [0.2, 0.25) is 5.02 Å². The average molecular weight is 511 g/mol. The van der Waals surface area contributed by atoms with E-state index in [4.69, 9.17) is 16.3 Å². The van der Waals surface area contributed by atoms with Crippen molar-refractivity contribution in [2.45, 2.75) is 25.1 Å². The van der Waals surface area contributed by atoms with Gasteiger partial charge in [-0.2, -0.15) is 18.2 Å². The Labute approximate surface area is 203 Å². The molecule has 0 spiro atoms. The first kappa shape index (κ1) is 26.2. The molecule has 0 radical (unpaired) electrons. The number of carboxylic acids is 1. The summed E-state index contributed by atoms with van der Waals surface area (Å²) < 4.78 is 43.3. The highest BCUT2D eigenvalue weighted by molar-refractivity contribution is 6.30. The van der Waals surface area contributed by atoms with E-state index in [1.807, 2.05) is 42.5 Å². The fourth-order valence-corrected chi connectivity index (χ4v) is 3.69. The monoisotopic (exact) mass is 510 g/mol. The van der Waals surface area contributed by atoms with Gasteiger partial charge in [0, 0.05) is 18.2 Å². The minimum Gasteiger partial charge on any atom is -0.481 e. The third kappa shape index (κ3) is 7.27. The van der Waals surface area contributed by atoms with E-state index in [0.717, 1.165) is 16.7 Å². The molecule has 1 amide bonds. The Morgan fingerprint density at radius 1 is 1.17 bits per heavy atom. The lowest BCUT2D eigenvalue weighted by atomic mass is 9.94. The molecule has 35 heavy (non-hydrogen) atoms. The number of nitrogens with zero attached hydrogens (tertiary/aromatic N) is 2. The van der Waals surface area contributed by atoms with Gasteiger partial charge in [0.1, 0.15) is 0 Å². The lowest BCUT2D eigenvalue weighted by Gasteiger charge is -2.22. The first-order valence-corrected chi connectivity index (χ1v) is 10.8. The third-order valence-electron chi connectivity index (χ3n) is 5.17. The molecular weight excluding hydrogens is 489 g/mol. The molecule has 0 saturated heterocycles. The van der Waals surface area contributed by atoms with Gasteiger partial charge in [-0.3, -0.25) is 14.7 Å². The van der Waals surface area contributed by atoms with Gasteiger partial charge in [-0.15, -0.1) is 5.10 Å². The van der Waals surface area contributed by atoms with Crippen LogP contribution < -0.4 is 5.32 Å². The summed E-state index contributed by atoms with van der Waals surface area (Å²) in [5, 5.41) is 17.6. The Balaban J connectivity index is 1.79. The molecule has 3 N–H and O–H groups in total. The van der Waals surface area contributed by atoms with Crippen molar-refractivity contribution in [1.29, 1.82) is 0 Å². The topological polar surface area (TPSA) is 117 Å². The zero-order chi connectivity index (χ0) is 25.6. The second kappa shape index (κ2) is 11.3. The van der Waals surface area contributed by atoms with Crippen LogP contribution in [0.4, 0.5) is 13.2 Å². The molecule has 0 saturated carbocycles. The number of benzene rings is 2. The van der Waals surface area contributed by atoms with E-state index in [2.05, 4.69) is 15.4 Å². The highest BCUT2D eigenvalue weighted by Gasteiger charge is 2.36. The molecule has 186 valence electrons. The average Bonchev–Trinajstić information content (AvgIpc) is 3.30. The first-order valence-electron chi connectivity index (χ1n) is 10.4. The van der Waals surface area contributed by atoms with Crippen LogP contribution in [-0.2, 0) is 22.1 Å². The molecule has 8 nitrogen and oxygen atoms in total. The summed E-state index contributed by atoms with van der Waals surface area (Å²) in [4.78, 5) is 27.4. The maximum atomic E-state index is 12.8. The number of aliphatic carboxylic acids is 1. The molecular formula is C23H22ClF3N4O4. The summed E-state index contributed by atoms with van der Waals surface area (Å²) in [6.45, 7) is -0.103. The largest absolute Gasteiger partial charge is 0.481 e. The number of H-pyrrole nitrogens is 1. The number of rotatable bonds is 10. The second-order valence-corrected chi connectivity index (χ2v) is 8.25. The number of hydrogen-bond donors (Lipinski definition) is 3. The number of methoxy groups -OCH3 is 1. The Hall–Kier alpha value is -3.44. The Morgan fingerprint density at radius 2 is 1.89 bits per heavy atom. The number of aromatic nitrogens is 3. The van der Waals surface area contributed by atoms with E-state index in [-0.39, 0.29) is 19.4 Å². The number of alkyl halides is 3. The summed E-state index contributed by atoms with van der Waals surface area (Å²) in [7, 11) is 1.35. The normalized spacial score (nSPS) is 13.3. The summed E-state index contributed by atoms with van der Waals surface area (Å²) >= 11 is 6.05. The third-order valence-corrected chi connectivity index (χ3v) is 5.41. The van der Waals surface area contributed by atoms with E-state index in [9.17, 15) is 27.9 Å². The fraction of sp³-hybridized carbons (Fsp3) is 0.304. The lowest BCUT2D eigenvalue weighted by molar-refractivity contribution is -0.145.